The maximum atomic E-state index is 13.3. The third kappa shape index (κ3) is 9.33. The molecular formula is C46H54N10O7. The highest BCUT2D eigenvalue weighted by Gasteiger charge is 2.37. The van der Waals surface area contributed by atoms with Crippen LogP contribution in [-0.4, -0.2) is 125 Å². The van der Waals surface area contributed by atoms with E-state index in [-0.39, 0.29) is 24.1 Å². The Morgan fingerprint density at radius 2 is 1.67 bits per heavy atom. The lowest BCUT2D eigenvalue weighted by atomic mass is 10.0. The number of pyridine rings is 1. The topological polar surface area (TPSA) is 175 Å². The molecule has 3 saturated heterocycles. The summed E-state index contributed by atoms with van der Waals surface area (Å²) < 4.78 is 17.4. The molecule has 63 heavy (non-hydrogen) atoms. The molecule has 1 unspecified atom stereocenters. The summed E-state index contributed by atoms with van der Waals surface area (Å²) >= 11 is 0. The van der Waals surface area contributed by atoms with Crippen molar-refractivity contribution in [3.63, 3.8) is 0 Å². The number of carbonyl (C=O) groups excluding carboxylic acids is 4. The third-order valence-corrected chi connectivity index (χ3v) is 12.3. The number of fused-ring (bicyclic) bond motifs is 2. The first-order valence-electron chi connectivity index (χ1n) is 21.8. The van der Waals surface area contributed by atoms with Gasteiger partial charge in [0.2, 0.25) is 23.6 Å². The summed E-state index contributed by atoms with van der Waals surface area (Å²) in [5, 5.41) is 5.67. The molecule has 17 heteroatoms. The molecule has 5 aliphatic rings. The zero-order valence-corrected chi connectivity index (χ0v) is 36.3. The first-order valence-corrected chi connectivity index (χ1v) is 21.8. The largest absolute Gasteiger partial charge is 0.481 e. The number of hydrogen-bond donors (Lipinski definition) is 2. The van der Waals surface area contributed by atoms with Gasteiger partial charge < -0.3 is 34.2 Å². The molecule has 0 radical (unpaired) electrons. The normalized spacial score (nSPS) is 19.3. The van der Waals surface area contributed by atoms with Gasteiger partial charge in [0.1, 0.15) is 23.6 Å². The second-order valence-corrected chi connectivity index (χ2v) is 17.8. The highest BCUT2D eigenvalue weighted by atomic mass is 16.6. The number of nitrogens with zero attached hydrogens (tertiary/aromatic N) is 8. The predicted molar refractivity (Wildman–Crippen MR) is 236 cm³/mol. The molecule has 0 spiro atoms. The highest BCUT2D eigenvalue weighted by Crippen LogP contribution is 2.40. The SMILES string of the molecule is Cc1c(N2CCc3cnc(Nc4ccc(CC(=O)N5CC(N6CCN(c7ccc(OC8CCC(=O)NC8=O)cc7)CC6)C5)cc4)nc3C2)cnc2c1N(C(=O)OC(C)(C)C)CCO2. The Bertz CT molecular complexity index is 2370. The lowest BCUT2D eigenvalue weighted by Crippen LogP contribution is -2.64. The Kier molecular flexibility index (Phi) is 11.5. The van der Waals surface area contributed by atoms with Crippen LogP contribution in [0.3, 0.4) is 0 Å². The van der Waals surface area contributed by atoms with Crippen LogP contribution >= 0.6 is 0 Å². The van der Waals surface area contributed by atoms with Crippen molar-refractivity contribution >= 4 is 52.5 Å². The van der Waals surface area contributed by atoms with E-state index in [1.807, 2.05) is 93.5 Å². The van der Waals surface area contributed by atoms with Gasteiger partial charge in [-0.05, 0) is 81.6 Å². The van der Waals surface area contributed by atoms with Crippen molar-refractivity contribution in [2.24, 2.45) is 0 Å². The molecule has 2 aromatic heterocycles. The number of hydrogen-bond acceptors (Lipinski definition) is 14. The van der Waals surface area contributed by atoms with Gasteiger partial charge in [-0.2, -0.15) is 0 Å². The van der Waals surface area contributed by atoms with Crippen molar-refractivity contribution in [3.05, 3.63) is 83.3 Å². The van der Waals surface area contributed by atoms with Crippen LogP contribution in [0.5, 0.6) is 11.6 Å². The Labute approximate surface area is 366 Å². The van der Waals surface area contributed by atoms with Crippen LogP contribution in [0.1, 0.15) is 56.0 Å². The zero-order chi connectivity index (χ0) is 43.8. The molecule has 2 aromatic carbocycles. The Morgan fingerprint density at radius 3 is 2.40 bits per heavy atom. The van der Waals surface area contributed by atoms with Crippen LogP contribution in [0.4, 0.5) is 33.5 Å². The zero-order valence-electron chi connectivity index (χ0n) is 36.3. The number of benzene rings is 2. The van der Waals surface area contributed by atoms with Crippen LogP contribution in [0.25, 0.3) is 0 Å². The lowest BCUT2D eigenvalue weighted by molar-refractivity contribution is -0.139. The summed E-state index contributed by atoms with van der Waals surface area (Å²) in [6, 6.07) is 16.0. The van der Waals surface area contributed by atoms with E-state index >= 15 is 0 Å². The molecule has 0 bridgehead atoms. The Morgan fingerprint density at radius 1 is 0.905 bits per heavy atom. The van der Waals surface area contributed by atoms with Crippen molar-refractivity contribution in [2.75, 3.05) is 79.0 Å². The summed E-state index contributed by atoms with van der Waals surface area (Å²) in [5.41, 5.74) is 6.69. The second kappa shape index (κ2) is 17.3. The van der Waals surface area contributed by atoms with E-state index in [1.54, 1.807) is 4.90 Å². The number of carbonyl (C=O) groups is 4. The Balaban J connectivity index is 0.735. The number of piperazine rings is 1. The standard InChI is InChI=1S/C46H54N10O7/c1-29-37(25-47-43-41(29)56(21-22-61-43)45(60)63-46(2,3)4)54-16-15-31-24-48-44(50-36(31)28-54)49-32-7-5-30(6-8-32)23-40(58)55-26-34(27-55)53-19-17-52(18-20-53)33-9-11-35(12-10-33)62-38-13-14-39(57)51-42(38)59/h5-12,24-25,34,38H,13-23,26-28H2,1-4H3,(H,48,49,50)(H,51,57,59). The van der Waals surface area contributed by atoms with E-state index in [0.29, 0.717) is 61.8 Å². The lowest BCUT2D eigenvalue weighted by Gasteiger charge is -2.48. The van der Waals surface area contributed by atoms with Crippen LogP contribution < -0.4 is 34.8 Å². The van der Waals surface area contributed by atoms with Crippen LogP contribution in [-0.2, 0) is 38.5 Å². The molecule has 0 aliphatic carbocycles. The fraction of sp³-hybridized carbons (Fsp3) is 0.457. The van der Waals surface area contributed by atoms with Gasteiger partial charge >= 0.3 is 6.09 Å². The van der Waals surface area contributed by atoms with Crippen LogP contribution in [0.15, 0.2) is 60.9 Å². The van der Waals surface area contributed by atoms with E-state index in [2.05, 4.69) is 35.3 Å². The average molecular weight is 859 g/mol. The highest BCUT2D eigenvalue weighted by molar-refractivity contribution is 6.00. The first-order chi connectivity index (χ1) is 30.3. The number of piperidine rings is 1. The number of nitrogens with one attached hydrogen (secondary N) is 2. The summed E-state index contributed by atoms with van der Waals surface area (Å²) in [5.74, 6) is 1.01. The monoisotopic (exact) mass is 858 g/mol. The van der Waals surface area contributed by atoms with Crippen molar-refractivity contribution in [1.29, 1.82) is 0 Å². The molecule has 5 aliphatic heterocycles. The van der Waals surface area contributed by atoms with E-state index in [9.17, 15) is 19.2 Å². The molecule has 330 valence electrons. The molecule has 1 atom stereocenters. The Hall–Kier alpha value is -6.49. The molecule has 4 amide bonds. The van der Waals surface area contributed by atoms with Gasteiger partial charge in [-0.3, -0.25) is 29.5 Å². The van der Waals surface area contributed by atoms with Crippen molar-refractivity contribution in [3.8, 4) is 11.6 Å². The van der Waals surface area contributed by atoms with E-state index in [1.165, 1.54) is 0 Å². The van der Waals surface area contributed by atoms with E-state index in [4.69, 9.17) is 19.2 Å². The molecule has 2 N–H and O–H groups in total. The van der Waals surface area contributed by atoms with Crippen molar-refractivity contribution in [1.82, 2.24) is 30.1 Å². The van der Waals surface area contributed by atoms with Crippen LogP contribution in [0, 0.1) is 6.92 Å². The van der Waals surface area contributed by atoms with Gasteiger partial charge in [0.15, 0.2) is 6.10 Å². The molecule has 3 fully saturated rings. The minimum Gasteiger partial charge on any atom is -0.481 e. The molecule has 7 heterocycles. The number of ether oxygens (including phenoxy) is 3. The fourth-order valence-electron chi connectivity index (χ4n) is 8.76. The van der Waals surface area contributed by atoms with Gasteiger partial charge in [-0.1, -0.05) is 12.1 Å². The number of amides is 4. The summed E-state index contributed by atoms with van der Waals surface area (Å²) in [4.78, 5) is 74.6. The quantitative estimate of drug-likeness (QED) is 0.227. The minimum atomic E-state index is -0.650. The predicted octanol–water partition coefficient (Wildman–Crippen LogP) is 4.38. The van der Waals surface area contributed by atoms with E-state index in [0.717, 1.165) is 91.7 Å². The number of rotatable bonds is 9. The average Bonchev–Trinajstić information content (AvgIpc) is 3.24. The molecule has 9 rings (SSSR count). The maximum Gasteiger partial charge on any atom is 0.415 e. The van der Waals surface area contributed by atoms with Gasteiger partial charge in [0.25, 0.3) is 5.91 Å². The van der Waals surface area contributed by atoms with Gasteiger partial charge in [-0.25, -0.2) is 19.7 Å². The van der Waals surface area contributed by atoms with Gasteiger partial charge in [0, 0.05) is 87.8 Å². The van der Waals surface area contributed by atoms with Crippen LogP contribution in [0.2, 0.25) is 0 Å². The number of anilines is 5. The van der Waals surface area contributed by atoms with Crippen molar-refractivity contribution < 1.29 is 33.4 Å². The van der Waals surface area contributed by atoms with Gasteiger partial charge in [-0.15, -0.1) is 0 Å². The summed E-state index contributed by atoms with van der Waals surface area (Å²) in [7, 11) is 0. The number of imide groups is 1. The number of likely N-dealkylation sites (tertiary alicyclic amines) is 1. The minimum absolute atomic E-state index is 0.127. The van der Waals surface area contributed by atoms with Gasteiger partial charge in [0.05, 0.1) is 37.1 Å². The molecule has 0 saturated carbocycles. The smallest absolute Gasteiger partial charge is 0.415 e. The summed E-state index contributed by atoms with van der Waals surface area (Å²) in [6.07, 6.45) is 4.39. The van der Waals surface area contributed by atoms with Crippen molar-refractivity contribution in [2.45, 2.75) is 77.7 Å². The fourth-order valence-corrected chi connectivity index (χ4v) is 8.76. The molecule has 4 aromatic rings. The number of aromatic nitrogens is 3. The van der Waals surface area contributed by atoms with E-state index < -0.39 is 17.8 Å². The maximum absolute atomic E-state index is 13.3. The molecule has 17 nitrogen and oxygen atoms in total. The second-order valence-electron chi connectivity index (χ2n) is 17.8. The molecular weight excluding hydrogens is 805 g/mol. The first kappa shape index (κ1) is 41.8. The third-order valence-electron chi connectivity index (χ3n) is 12.3. The summed E-state index contributed by atoms with van der Waals surface area (Å²) in [6.45, 7) is 14.6.